The van der Waals surface area contributed by atoms with E-state index in [1.54, 1.807) is 12.1 Å². The lowest BCUT2D eigenvalue weighted by atomic mass is 10.0. The molecule has 1 unspecified atom stereocenters. The number of hydrogen-bond acceptors (Lipinski definition) is 2. The molecule has 0 aromatic heterocycles. The minimum Gasteiger partial charge on any atom is -0.310 e. The Balaban J connectivity index is 2.71. The number of benzene rings is 1. The van der Waals surface area contributed by atoms with Crippen molar-refractivity contribution in [2.24, 2.45) is 0 Å². The third kappa shape index (κ3) is 4.92. The van der Waals surface area contributed by atoms with Crippen molar-refractivity contribution in [3.05, 3.63) is 35.6 Å². The van der Waals surface area contributed by atoms with Gasteiger partial charge in [-0.3, -0.25) is 0 Å². The summed E-state index contributed by atoms with van der Waals surface area (Å²) in [6.45, 7) is 11.5. The fraction of sp³-hybridized carbons (Fsp3) is 0.625. The lowest BCUT2D eigenvalue weighted by molar-refractivity contribution is 0.220. The van der Waals surface area contributed by atoms with Gasteiger partial charge in [0.15, 0.2) is 0 Å². The highest BCUT2D eigenvalue weighted by Gasteiger charge is 2.16. The number of hydrogen-bond donors (Lipinski definition) is 1. The Kier molecular flexibility index (Phi) is 7.03. The van der Waals surface area contributed by atoms with Crippen LogP contribution < -0.4 is 5.32 Å². The molecule has 108 valence electrons. The molecule has 1 N–H and O–H groups in total. The first-order valence-corrected chi connectivity index (χ1v) is 7.32. The van der Waals surface area contributed by atoms with Crippen molar-refractivity contribution < 1.29 is 4.39 Å². The van der Waals surface area contributed by atoms with Crippen LogP contribution in [0.25, 0.3) is 0 Å². The second kappa shape index (κ2) is 8.28. The third-order valence-corrected chi connectivity index (χ3v) is 3.57. The molecule has 0 bridgehead atoms. The van der Waals surface area contributed by atoms with Crippen molar-refractivity contribution in [1.82, 2.24) is 10.2 Å². The summed E-state index contributed by atoms with van der Waals surface area (Å²) in [6, 6.07) is 7.71. The van der Waals surface area contributed by atoms with E-state index in [2.05, 4.69) is 37.9 Å². The molecule has 1 rings (SSSR count). The molecule has 0 aliphatic carbocycles. The maximum absolute atomic E-state index is 13.9. The molecule has 2 nitrogen and oxygen atoms in total. The lowest BCUT2D eigenvalue weighted by Gasteiger charge is -2.27. The van der Waals surface area contributed by atoms with E-state index < -0.39 is 0 Å². The average Bonchev–Trinajstić information content (AvgIpc) is 2.38. The highest BCUT2D eigenvalue weighted by atomic mass is 19.1. The Hall–Kier alpha value is -0.930. The number of rotatable bonds is 8. The van der Waals surface area contributed by atoms with E-state index in [1.807, 2.05) is 12.1 Å². The van der Waals surface area contributed by atoms with Gasteiger partial charge >= 0.3 is 0 Å². The summed E-state index contributed by atoms with van der Waals surface area (Å²) in [5.74, 6) is -0.110. The van der Waals surface area contributed by atoms with Crippen molar-refractivity contribution in [2.75, 3.05) is 19.6 Å². The van der Waals surface area contributed by atoms with Crippen LogP contribution in [0.15, 0.2) is 24.3 Å². The van der Waals surface area contributed by atoms with Crippen molar-refractivity contribution in [3.8, 4) is 0 Å². The summed E-state index contributed by atoms with van der Waals surface area (Å²) < 4.78 is 13.9. The highest BCUT2D eigenvalue weighted by molar-refractivity contribution is 5.21. The Morgan fingerprint density at radius 3 is 2.42 bits per heavy atom. The van der Waals surface area contributed by atoms with Gasteiger partial charge in [0.05, 0.1) is 0 Å². The molecule has 0 aliphatic heterocycles. The van der Waals surface area contributed by atoms with Gasteiger partial charge in [-0.2, -0.15) is 0 Å². The zero-order chi connectivity index (χ0) is 14.3. The van der Waals surface area contributed by atoms with E-state index in [0.717, 1.165) is 31.6 Å². The molecule has 1 aromatic carbocycles. The molecule has 0 fully saturated rings. The quantitative estimate of drug-likeness (QED) is 0.773. The fourth-order valence-corrected chi connectivity index (χ4v) is 2.45. The van der Waals surface area contributed by atoms with Gasteiger partial charge in [-0.15, -0.1) is 0 Å². The summed E-state index contributed by atoms with van der Waals surface area (Å²) in [4.78, 5) is 2.41. The number of nitrogens with one attached hydrogen (secondary N) is 1. The average molecular weight is 266 g/mol. The molecule has 0 spiro atoms. The van der Waals surface area contributed by atoms with E-state index in [4.69, 9.17) is 0 Å². The molecule has 0 radical (unpaired) electrons. The van der Waals surface area contributed by atoms with Crippen molar-refractivity contribution in [3.63, 3.8) is 0 Å². The molecular formula is C16H27FN2. The van der Waals surface area contributed by atoms with Crippen LogP contribution in [0.3, 0.4) is 0 Å². The standard InChI is InChI=1S/C16H27FN2/c1-5-18-16(11-12-19(6-2)13(3)4)14-9-7-8-10-15(14)17/h7-10,13,16,18H,5-6,11-12H2,1-4H3. The van der Waals surface area contributed by atoms with Crippen molar-refractivity contribution in [2.45, 2.75) is 46.2 Å². The second-order valence-electron chi connectivity index (χ2n) is 5.14. The molecule has 0 aliphatic rings. The van der Waals surface area contributed by atoms with E-state index in [-0.39, 0.29) is 11.9 Å². The smallest absolute Gasteiger partial charge is 0.127 e. The molecule has 0 saturated carbocycles. The van der Waals surface area contributed by atoms with Crippen molar-refractivity contribution in [1.29, 1.82) is 0 Å². The van der Waals surface area contributed by atoms with Gasteiger partial charge in [0, 0.05) is 24.2 Å². The number of halogens is 1. The first kappa shape index (κ1) is 16.1. The molecule has 1 atom stereocenters. The molecule has 0 saturated heterocycles. The van der Waals surface area contributed by atoms with Crippen LogP contribution in [0, 0.1) is 5.82 Å². The topological polar surface area (TPSA) is 15.3 Å². The Morgan fingerprint density at radius 2 is 1.89 bits per heavy atom. The van der Waals surface area contributed by atoms with Crippen LogP contribution in [0.4, 0.5) is 4.39 Å². The first-order chi connectivity index (χ1) is 9.10. The minimum absolute atomic E-state index is 0.0963. The van der Waals surface area contributed by atoms with Gasteiger partial charge in [0.2, 0.25) is 0 Å². The van der Waals surface area contributed by atoms with Gasteiger partial charge in [-0.05, 0) is 39.4 Å². The van der Waals surface area contributed by atoms with Crippen molar-refractivity contribution >= 4 is 0 Å². The molecule has 3 heteroatoms. The summed E-state index contributed by atoms with van der Waals surface area (Å²) in [6.07, 6.45) is 0.931. The number of nitrogens with zero attached hydrogens (tertiary/aromatic N) is 1. The first-order valence-electron chi connectivity index (χ1n) is 7.32. The van der Waals surface area contributed by atoms with Gasteiger partial charge in [0.25, 0.3) is 0 Å². The largest absolute Gasteiger partial charge is 0.310 e. The van der Waals surface area contributed by atoms with Crippen LogP contribution >= 0.6 is 0 Å². The molecule has 0 amide bonds. The Labute approximate surface area is 117 Å². The monoisotopic (exact) mass is 266 g/mol. The van der Waals surface area contributed by atoms with E-state index in [0.29, 0.717) is 6.04 Å². The predicted molar refractivity (Wildman–Crippen MR) is 79.8 cm³/mol. The third-order valence-electron chi connectivity index (χ3n) is 3.57. The summed E-state index contributed by atoms with van der Waals surface area (Å²) in [7, 11) is 0. The predicted octanol–water partition coefficient (Wildman–Crippen LogP) is 3.60. The summed E-state index contributed by atoms with van der Waals surface area (Å²) >= 11 is 0. The van der Waals surface area contributed by atoms with Crippen LogP contribution in [0.1, 0.15) is 45.7 Å². The van der Waals surface area contributed by atoms with Gasteiger partial charge < -0.3 is 10.2 Å². The Bertz CT molecular complexity index is 366. The van der Waals surface area contributed by atoms with E-state index in [1.165, 1.54) is 0 Å². The van der Waals surface area contributed by atoms with Crippen LogP contribution in [0.5, 0.6) is 0 Å². The second-order valence-corrected chi connectivity index (χ2v) is 5.14. The maximum atomic E-state index is 13.9. The molecular weight excluding hydrogens is 239 g/mol. The zero-order valence-corrected chi connectivity index (χ0v) is 12.6. The van der Waals surface area contributed by atoms with E-state index >= 15 is 0 Å². The molecule has 19 heavy (non-hydrogen) atoms. The lowest BCUT2D eigenvalue weighted by Crippen LogP contribution is -2.34. The summed E-state index contributed by atoms with van der Waals surface area (Å²) in [5.41, 5.74) is 0.782. The van der Waals surface area contributed by atoms with E-state index in [9.17, 15) is 4.39 Å². The fourth-order valence-electron chi connectivity index (χ4n) is 2.45. The van der Waals surface area contributed by atoms with Gasteiger partial charge in [0.1, 0.15) is 5.82 Å². The highest BCUT2D eigenvalue weighted by Crippen LogP contribution is 2.20. The Morgan fingerprint density at radius 1 is 1.21 bits per heavy atom. The van der Waals surface area contributed by atoms with Gasteiger partial charge in [-0.25, -0.2) is 4.39 Å². The molecule has 0 heterocycles. The minimum atomic E-state index is -0.110. The van der Waals surface area contributed by atoms with Crippen LogP contribution in [0.2, 0.25) is 0 Å². The summed E-state index contributed by atoms with van der Waals surface area (Å²) in [5, 5.41) is 3.39. The normalized spacial score (nSPS) is 13.2. The SMILES string of the molecule is CCNC(CCN(CC)C(C)C)c1ccccc1F. The van der Waals surface area contributed by atoms with Crippen LogP contribution in [-0.2, 0) is 0 Å². The maximum Gasteiger partial charge on any atom is 0.127 e. The van der Waals surface area contributed by atoms with Gasteiger partial charge in [-0.1, -0.05) is 32.0 Å². The van der Waals surface area contributed by atoms with Crippen LogP contribution in [-0.4, -0.2) is 30.6 Å². The zero-order valence-electron chi connectivity index (χ0n) is 12.6. The molecule has 1 aromatic rings.